The normalized spacial score (nSPS) is 20.7. The van der Waals surface area contributed by atoms with Gasteiger partial charge in [-0.2, -0.15) is 0 Å². The van der Waals surface area contributed by atoms with Crippen LogP contribution in [0.2, 0.25) is 0 Å². The molecule has 2 unspecified atom stereocenters. The highest BCUT2D eigenvalue weighted by Gasteiger charge is 2.26. The van der Waals surface area contributed by atoms with Crippen molar-refractivity contribution >= 4 is 11.3 Å². The van der Waals surface area contributed by atoms with Crippen molar-refractivity contribution in [2.75, 3.05) is 26.8 Å². The predicted molar refractivity (Wildman–Crippen MR) is 81.6 cm³/mol. The monoisotopic (exact) mass is 282 g/mol. The number of likely N-dealkylation sites (N-methyl/N-ethyl adjacent to an activating group) is 1. The van der Waals surface area contributed by atoms with Gasteiger partial charge in [0.1, 0.15) is 0 Å². The third kappa shape index (κ3) is 3.78. The van der Waals surface area contributed by atoms with Crippen LogP contribution in [0.4, 0.5) is 0 Å². The van der Waals surface area contributed by atoms with Gasteiger partial charge in [0.15, 0.2) is 0 Å². The molecule has 1 aromatic heterocycles. The molecule has 0 radical (unpaired) electrons. The van der Waals surface area contributed by atoms with Gasteiger partial charge < -0.3 is 10.5 Å². The molecular formula is C15H26N2OS. The van der Waals surface area contributed by atoms with Crippen LogP contribution in [0.5, 0.6) is 0 Å². The van der Waals surface area contributed by atoms with Crippen LogP contribution in [0.15, 0.2) is 11.4 Å². The van der Waals surface area contributed by atoms with Gasteiger partial charge in [0, 0.05) is 30.7 Å². The van der Waals surface area contributed by atoms with Gasteiger partial charge in [0.25, 0.3) is 0 Å². The molecule has 2 atom stereocenters. The van der Waals surface area contributed by atoms with E-state index in [0.717, 1.165) is 25.7 Å². The first-order valence-corrected chi connectivity index (χ1v) is 8.05. The Kier molecular flexibility index (Phi) is 5.39. The molecule has 0 saturated carbocycles. The van der Waals surface area contributed by atoms with Crippen LogP contribution in [-0.2, 0) is 4.74 Å². The highest BCUT2D eigenvalue weighted by atomic mass is 32.1. The molecule has 0 aliphatic carbocycles. The molecule has 3 nitrogen and oxygen atoms in total. The lowest BCUT2D eigenvalue weighted by molar-refractivity contribution is 0.0489. The van der Waals surface area contributed by atoms with Crippen LogP contribution in [-0.4, -0.2) is 37.7 Å². The molecule has 19 heavy (non-hydrogen) atoms. The van der Waals surface area contributed by atoms with E-state index in [9.17, 15) is 0 Å². The van der Waals surface area contributed by atoms with E-state index in [0.29, 0.717) is 6.04 Å². The summed E-state index contributed by atoms with van der Waals surface area (Å²) < 4.78 is 5.44. The van der Waals surface area contributed by atoms with Crippen LogP contribution in [0, 0.1) is 12.8 Å². The average Bonchev–Trinajstić information content (AvgIpc) is 2.77. The van der Waals surface area contributed by atoms with Gasteiger partial charge in [-0.15, -0.1) is 11.3 Å². The summed E-state index contributed by atoms with van der Waals surface area (Å²) in [5.74, 6) is 0.750. The quantitative estimate of drug-likeness (QED) is 0.902. The number of rotatable bonds is 5. The van der Waals surface area contributed by atoms with Crippen molar-refractivity contribution in [3.8, 4) is 0 Å². The first-order chi connectivity index (χ1) is 9.09. The molecule has 2 N–H and O–H groups in total. The minimum Gasteiger partial charge on any atom is -0.381 e. The molecule has 2 heterocycles. The van der Waals surface area contributed by atoms with E-state index < -0.39 is 0 Å². The Balaban J connectivity index is 2.04. The third-order valence-electron chi connectivity index (χ3n) is 4.03. The summed E-state index contributed by atoms with van der Waals surface area (Å²) in [4.78, 5) is 3.86. The largest absolute Gasteiger partial charge is 0.381 e. The maximum Gasteiger partial charge on any atom is 0.0591 e. The summed E-state index contributed by atoms with van der Waals surface area (Å²) in [6.07, 6.45) is 2.36. The molecule has 1 aromatic rings. The molecule has 4 heteroatoms. The van der Waals surface area contributed by atoms with Gasteiger partial charge in [-0.25, -0.2) is 0 Å². The SMILES string of the molecule is Cc1ccsc1C(C(C)N)N(C)CC1CCOCC1. The molecule has 0 amide bonds. The van der Waals surface area contributed by atoms with Crippen molar-refractivity contribution < 1.29 is 4.74 Å². The van der Waals surface area contributed by atoms with E-state index in [4.69, 9.17) is 10.5 Å². The first kappa shape index (κ1) is 15.0. The first-order valence-electron chi connectivity index (χ1n) is 7.17. The minimum atomic E-state index is 0.155. The zero-order chi connectivity index (χ0) is 13.8. The van der Waals surface area contributed by atoms with E-state index in [1.807, 2.05) is 11.3 Å². The van der Waals surface area contributed by atoms with Crippen molar-refractivity contribution in [1.29, 1.82) is 0 Å². The van der Waals surface area contributed by atoms with Gasteiger partial charge in [-0.3, -0.25) is 4.90 Å². The fraction of sp³-hybridized carbons (Fsp3) is 0.733. The highest BCUT2D eigenvalue weighted by Crippen LogP contribution is 2.31. The zero-order valence-electron chi connectivity index (χ0n) is 12.3. The van der Waals surface area contributed by atoms with Crippen molar-refractivity contribution in [3.63, 3.8) is 0 Å². The number of hydrogen-bond acceptors (Lipinski definition) is 4. The molecule has 2 rings (SSSR count). The maximum absolute atomic E-state index is 6.24. The van der Waals surface area contributed by atoms with Gasteiger partial charge in [-0.05, 0) is 56.7 Å². The second-order valence-corrected chi connectivity index (χ2v) is 6.71. The van der Waals surface area contributed by atoms with Gasteiger partial charge in [0.2, 0.25) is 0 Å². The van der Waals surface area contributed by atoms with Gasteiger partial charge in [0.05, 0.1) is 6.04 Å². The Labute approximate surface area is 120 Å². The summed E-state index contributed by atoms with van der Waals surface area (Å²) in [5.41, 5.74) is 7.61. The lowest BCUT2D eigenvalue weighted by Crippen LogP contribution is -2.40. The van der Waals surface area contributed by atoms with Crippen molar-refractivity contribution in [2.45, 2.75) is 38.8 Å². The Morgan fingerprint density at radius 1 is 1.47 bits per heavy atom. The third-order valence-corrected chi connectivity index (χ3v) is 5.12. The fourth-order valence-corrected chi connectivity index (χ4v) is 4.18. The Morgan fingerprint density at radius 2 is 2.16 bits per heavy atom. The molecule has 0 bridgehead atoms. The number of nitrogens with two attached hydrogens (primary N) is 1. The highest BCUT2D eigenvalue weighted by molar-refractivity contribution is 7.10. The summed E-state index contributed by atoms with van der Waals surface area (Å²) in [5, 5.41) is 2.17. The number of aryl methyl sites for hydroxylation is 1. The molecule has 1 aliphatic heterocycles. The molecular weight excluding hydrogens is 256 g/mol. The van der Waals surface area contributed by atoms with Gasteiger partial charge in [-0.1, -0.05) is 0 Å². The van der Waals surface area contributed by atoms with Crippen LogP contribution in [0.25, 0.3) is 0 Å². The average molecular weight is 282 g/mol. The van der Waals surface area contributed by atoms with E-state index in [2.05, 4.69) is 37.2 Å². The molecule has 1 saturated heterocycles. The molecule has 0 spiro atoms. The Bertz CT molecular complexity index is 385. The topological polar surface area (TPSA) is 38.5 Å². The second kappa shape index (κ2) is 6.84. The standard InChI is InChI=1S/C15H26N2OS/c1-11-6-9-19-15(11)14(12(2)16)17(3)10-13-4-7-18-8-5-13/h6,9,12-14H,4-5,7-8,10,16H2,1-3H3. The maximum atomic E-state index is 6.24. The van der Waals surface area contributed by atoms with Crippen LogP contribution >= 0.6 is 11.3 Å². The van der Waals surface area contributed by atoms with Crippen molar-refractivity contribution in [2.24, 2.45) is 11.7 Å². The van der Waals surface area contributed by atoms with E-state index in [1.54, 1.807) is 0 Å². The fourth-order valence-electron chi connectivity index (χ4n) is 2.98. The number of thiophene rings is 1. The van der Waals surface area contributed by atoms with Crippen LogP contribution in [0.3, 0.4) is 0 Å². The molecule has 108 valence electrons. The smallest absolute Gasteiger partial charge is 0.0591 e. The van der Waals surface area contributed by atoms with E-state index in [1.165, 1.54) is 23.3 Å². The lowest BCUT2D eigenvalue weighted by Gasteiger charge is -2.34. The Hall–Kier alpha value is -0.420. The Morgan fingerprint density at radius 3 is 2.68 bits per heavy atom. The molecule has 0 aromatic carbocycles. The zero-order valence-corrected chi connectivity index (χ0v) is 13.1. The summed E-state index contributed by atoms with van der Waals surface area (Å²) >= 11 is 1.83. The predicted octanol–water partition coefficient (Wildman–Crippen LogP) is 2.80. The van der Waals surface area contributed by atoms with E-state index >= 15 is 0 Å². The summed E-state index contributed by atoms with van der Waals surface area (Å²) in [6.45, 7) is 7.25. The number of hydrogen-bond donors (Lipinski definition) is 1. The molecule has 1 fully saturated rings. The lowest BCUT2D eigenvalue weighted by atomic mass is 9.97. The van der Waals surface area contributed by atoms with Crippen molar-refractivity contribution in [3.05, 3.63) is 21.9 Å². The van der Waals surface area contributed by atoms with Gasteiger partial charge >= 0.3 is 0 Å². The minimum absolute atomic E-state index is 0.155. The van der Waals surface area contributed by atoms with Crippen molar-refractivity contribution in [1.82, 2.24) is 4.90 Å². The summed E-state index contributed by atoms with van der Waals surface area (Å²) in [7, 11) is 2.21. The van der Waals surface area contributed by atoms with Crippen LogP contribution < -0.4 is 5.73 Å². The van der Waals surface area contributed by atoms with Crippen LogP contribution in [0.1, 0.15) is 36.2 Å². The number of ether oxygens (including phenoxy) is 1. The number of nitrogens with zero attached hydrogens (tertiary/aromatic N) is 1. The second-order valence-electron chi connectivity index (χ2n) is 5.77. The molecule has 1 aliphatic rings. The summed E-state index contributed by atoms with van der Waals surface area (Å²) in [6, 6.07) is 2.68. The van der Waals surface area contributed by atoms with E-state index in [-0.39, 0.29) is 6.04 Å².